The fourth-order valence-electron chi connectivity index (χ4n) is 3.85. The summed E-state index contributed by atoms with van der Waals surface area (Å²) < 4.78 is 19.6. The molecular weight excluding hydrogens is 496 g/mol. The molecule has 0 saturated carbocycles. The van der Waals surface area contributed by atoms with Crippen molar-refractivity contribution in [2.45, 2.75) is 13.8 Å². The SMILES string of the molecule is Cc1ccc(OCCOCCOc2ccc(Cl)cc2C=c2sc3nc4ccccc4n3c2=O)cc1C. The first-order valence-electron chi connectivity index (χ1n) is 11.6. The number of ether oxygens (including phenoxy) is 3. The zero-order valence-electron chi connectivity index (χ0n) is 20.0. The molecule has 0 atom stereocenters. The van der Waals surface area contributed by atoms with Gasteiger partial charge in [0.15, 0.2) is 4.96 Å². The van der Waals surface area contributed by atoms with Gasteiger partial charge < -0.3 is 14.2 Å². The zero-order chi connectivity index (χ0) is 25.1. The molecule has 0 aliphatic carbocycles. The van der Waals surface area contributed by atoms with Crippen molar-refractivity contribution >= 4 is 45.0 Å². The van der Waals surface area contributed by atoms with Gasteiger partial charge in [-0.2, -0.15) is 0 Å². The molecule has 0 saturated heterocycles. The minimum atomic E-state index is -0.110. The lowest BCUT2D eigenvalue weighted by atomic mass is 10.1. The summed E-state index contributed by atoms with van der Waals surface area (Å²) in [6.45, 7) is 5.82. The Morgan fingerprint density at radius 3 is 2.58 bits per heavy atom. The molecule has 0 fully saturated rings. The maximum atomic E-state index is 13.1. The van der Waals surface area contributed by atoms with Gasteiger partial charge in [-0.3, -0.25) is 4.79 Å². The van der Waals surface area contributed by atoms with Gasteiger partial charge in [-0.25, -0.2) is 9.38 Å². The third-order valence-electron chi connectivity index (χ3n) is 5.86. The number of rotatable bonds is 9. The second-order valence-corrected chi connectivity index (χ2v) is 9.82. The van der Waals surface area contributed by atoms with Crippen molar-refractivity contribution in [2.75, 3.05) is 26.4 Å². The first-order valence-corrected chi connectivity index (χ1v) is 12.8. The minimum absolute atomic E-state index is 0.110. The molecule has 0 spiro atoms. The van der Waals surface area contributed by atoms with Crippen molar-refractivity contribution in [3.63, 3.8) is 0 Å². The maximum Gasteiger partial charge on any atom is 0.274 e. The Kier molecular flexibility index (Phi) is 7.23. The maximum absolute atomic E-state index is 13.1. The van der Waals surface area contributed by atoms with E-state index in [4.69, 9.17) is 25.8 Å². The van der Waals surface area contributed by atoms with E-state index in [0.29, 0.717) is 46.7 Å². The molecule has 0 radical (unpaired) electrons. The standard InChI is InChI=1S/C28H25ClN2O4S/c1-18-7-9-22(15-19(18)2)34-13-11-33-12-14-35-25-10-8-21(29)16-20(25)17-26-27(32)31-24-6-4-3-5-23(24)30-28(31)36-26/h3-10,15-17H,11-14H2,1-2H3. The Hall–Kier alpha value is -3.39. The van der Waals surface area contributed by atoms with Crippen LogP contribution in [0.25, 0.3) is 22.1 Å². The molecule has 0 amide bonds. The van der Waals surface area contributed by atoms with Crippen molar-refractivity contribution < 1.29 is 14.2 Å². The molecule has 0 aliphatic rings. The number of benzene rings is 3. The van der Waals surface area contributed by atoms with E-state index in [1.54, 1.807) is 28.7 Å². The molecular formula is C28H25ClN2O4S. The predicted molar refractivity (Wildman–Crippen MR) is 145 cm³/mol. The Morgan fingerprint density at radius 2 is 1.75 bits per heavy atom. The van der Waals surface area contributed by atoms with E-state index < -0.39 is 0 Å². The van der Waals surface area contributed by atoms with E-state index in [9.17, 15) is 4.79 Å². The third kappa shape index (κ3) is 5.23. The van der Waals surface area contributed by atoms with Gasteiger partial charge in [0.25, 0.3) is 5.56 Å². The highest BCUT2D eigenvalue weighted by molar-refractivity contribution is 7.15. The van der Waals surface area contributed by atoms with Crippen molar-refractivity contribution in [1.82, 2.24) is 9.38 Å². The molecule has 5 aromatic rings. The summed E-state index contributed by atoms with van der Waals surface area (Å²) in [5.41, 5.74) is 4.66. The second kappa shape index (κ2) is 10.7. The van der Waals surface area contributed by atoms with Crippen LogP contribution in [0, 0.1) is 13.8 Å². The topological polar surface area (TPSA) is 62.1 Å². The van der Waals surface area contributed by atoms with Crippen LogP contribution in [0.3, 0.4) is 0 Å². The van der Waals surface area contributed by atoms with Gasteiger partial charge in [0.1, 0.15) is 24.7 Å². The number of hydrogen-bond acceptors (Lipinski definition) is 6. The lowest BCUT2D eigenvalue weighted by molar-refractivity contribution is 0.0763. The summed E-state index contributed by atoms with van der Waals surface area (Å²) in [5.74, 6) is 1.47. The van der Waals surface area contributed by atoms with Gasteiger partial charge in [0.2, 0.25) is 0 Å². The first-order chi connectivity index (χ1) is 17.5. The minimum Gasteiger partial charge on any atom is -0.491 e. The molecule has 0 N–H and O–H groups in total. The number of fused-ring (bicyclic) bond motifs is 3. The molecule has 0 aliphatic heterocycles. The molecule has 36 heavy (non-hydrogen) atoms. The number of aromatic nitrogens is 2. The van der Waals surface area contributed by atoms with Crippen LogP contribution in [0.4, 0.5) is 0 Å². The van der Waals surface area contributed by atoms with E-state index in [-0.39, 0.29) is 5.56 Å². The monoisotopic (exact) mass is 520 g/mol. The number of hydrogen-bond donors (Lipinski definition) is 0. The normalized spacial score (nSPS) is 12.0. The van der Waals surface area contributed by atoms with Crippen LogP contribution in [-0.4, -0.2) is 35.8 Å². The van der Waals surface area contributed by atoms with Crippen LogP contribution in [0.2, 0.25) is 5.02 Å². The number of imidazole rings is 1. The lowest BCUT2D eigenvalue weighted by Gasteiger charge is -2.11. The van der Waals surface area contributed by atoms with Gasteiger partial charge in [-0.05, 0) is 73.5 Å². The molecule has 0 bridgehead atoms. The number of thiazole rings is 1. The van der Waals surface area contributed by atoms with E-state index in [2.05, 4.69) is 18.8 Å². The molecule has 0 unspecified atom stereocenters. The highest BCUT2D eigenvalue weighted by Gasteiger charge is 2.11. The predicted octanol–water partition coefficient (Wildman–Crippen LogP) is 5.20. The summed E-state index contributed by atoms with van der Waals surface area (Å²) in [7, 11) is 0. The summed E-state index contributed by atoms with van der Waals surface area (Å²) in [5, 5.41) is 0.563. The summed E-state index contributed by atoms with van der Waals surface area (Å²) >= 11 is 7.58. The van der Waals surface area contributed by atoms with Gasteiger partial charge >= 0.3 is 0 Å². The van der Waals surface area contributed by atoms with E-state index in [0.717, 1.165) is 22.3 Å². The van der Waals surface area contributed by atoms with Crippen LogP contribution >= 0.6 is 22.9 Å². The lowest BCUT2D eigenvalue weighted by Crippen LogP contribution is -2.22. The van der Waals surface area contributed by atoms with Crippen molar-refractivity contribution in [3.05, 3.63) is 97.3 Å². The van der Waals surface area contributed by atoms with E-state index in [1.807, 2.05) is 42.5 Å². The van der Waals surface area contributed by atoms with Crippen LogP contribution in [0.15, 0.2) is 65.5 Å². The number of aryl methyl sites for hydroxylation is 2. The smallest absolute Gasteiger partial charge is 0.274 e. The van der Waals surface area contributed by atoms with Crippen molar-refractivity contribution in [1.29, 1.82) is 0 Å². The fourth-order valence-corrected chi connectivity index (χ4v) is 5.01. The van der Waals surface area contributed by atoms with E-state index >= 15 is 0 Å². The molecule has 5 rings (SSSR count). The van der Waals surface area contributed by atoms with E-state index in [1.165, 1.54) is 22.5 Å². The largest absolute Gasteiger partial charge is 0.491 e. The summed E-state index contributed by atoms with van der Waals surface area (Å²) in [4.78, 5) is 18.3. The Balaban J connectivity index is 1.22. The van der Waals surface area contributed by atoms with Crippen LogP contribution < -0.4 is 19.6 Å². The van der Waals surface area contributed by atoms with Gasteiger partial charge in [0.05, 0.1) is 28.8 Å². The van der Waals surface area contributed by atoms with Crippen LogP contribution in [0.1, 0.15) is 16.7 Å². The van der Waals surface area contributed by atoms with Crippen LogP contribution in [0.5, 0.6) is 11.5 Å². The first kappa shape index (κ1) is 24.3. The molecule has 2 aromatic heterocycles. The number of para-hydroxylation sites is 2. The Bertz CT molecular complexity index is 1640. The Labute approximate surface area is 217 Å². The molecule has 184 valence electrons. The molecule has 2 heterocycles. The number of nitrogens with zero attached hydrogens (tertiary/aromatic N) is 2. The van der Waals surface area contributed by atoms with Gasteiger partial charge in [-0.15, -0.1) is 0 Å². The quantitative estimate of drug-likeness (QED) is 0.250. The molecule has 6 nitrogen and oxygen atoms in total. The van der Waals surface area contributed by atoms with Gasteiger partial charge in [0, 0.05) is 10.6 Å². The van der Waals surface area contributed by atoms with Crippen LogP contribution in [-0.2, 0) is 4.74 Å². The highest BCUT2D eigenvalue weighted by Crippen LogP contribution is 2.24. The fraction of sp³-hybridized carbons (Fsp3) is 0.214. The van der Waals surface area contributed by atoms with Crippen molar-refractivity contribution in [3.8, 4) is 11.5 Å². The summed E-state index contributed by atoms with van der Waals surface area (Å²) in [6.07, 6.45) is 1.80. The molecule has 3 aromatic carbocycles. The highest BCUT2D eigenvalue weighted by atomic mass is 35.5. The van der Waals surface area contributed by atoms with Crippen molar-refractivity contribution in [2.24, 2.45) is 0 Å². The number of halogens is 1. The molecule has 8 heteroatoms. The third-order valence-corrected chi connectivity index (χ3v) is 7.07. The Morgan fingerprint density at radius 1 is 0.944 bits per heavy atom. The second-order valence-electron chi connectivity index (χ2n) is 8.37. The zero-order valence-corrected chi connectivity index (χ0v) is 21.6. The average Bonchev–Trinajstić information content (AvgIpc) is 3.37. The summed E-state index contributed by atoms with van der Waals surface area (Å²) in [6, 6.07) is 19.0. The van der Waals surface area contributed by atoms with Gasteiger partial charge in [-0.1, -0.05) is 41.1 Å². The average molecular weight is 521 g/mol.